The molecular formula is C26H27Cl2FN4O2. The zero-order chi connectivity index (χ0) is 25.3. The second-order valence-electron chi connectivity index (χ2n) is 8.93. The number of halogens is 3. The monoisotopic (exact) mass is 516 g/mol. The maximum atomic E-state index is 13.7. The molecule has 0 spiro atoms. The van der Waals surface area contributed by atoms with E-state index in [1.165, 1.54) is 23.0 Å². The van der Waals surface area contributed by atoms with Crippen LogP contribution in [0.15, 0.2) is 53.5 Å². The highest BCUT2D eigenvalue weighted by molar-refractivity contribution is 6.34. The molecule has 1 aromatic heterocycles. The minimum atomic E-state index is -0.439. The van der Waals surface area contributed by atoms with Crippen LogP contribution in [0.2, 0.25) is 10.0 Å². The predicted octanol–water partition coefficient (Wildman–Crippen LogP) is 5.56. The van der Waals surface area contributed by atoms with Gasteiger partial charge < -0.3 is 15.2 Å². The number of rotatable bonds is 5. The summed E-state index contributed by atoms with van der Waals surface area (Å²) >= 11 is 12.7. The van der Waals surface area contributed by atoms with Crippen molar-refractivity contribution in [3.8, 4) is 0 Å². The molecule has 1 saturated heterocycles. The Labute approximate surface area is 213 Å². The van der Waals surface area contributed by atoms with Gasteiger partial charge in [-0.1, -0.05) is 41.4 Å². The molecule has 0 radical (unpaired) electrons. The first-order valence-corrected chi connectivity index (χ1v) is 12.1. The van der Waals surface area contributed by atoms with Crippen molar-refractivity contribution in [2.24, 2.45) is 0 Å². The van der Waals surface area contributed by atoms with Crippen LogP contribution in [0.1, 0.15) is 40.2 Å². The van der Waals surface area contributed by atoms with Crippen molar-refractivity contribution in [2.45, 2.75) is 25.7 Å². The molecule has 6 nitrogen and oxygen atoms in total. The summed E-state index contributed by atoms with van der Waals surface area (Å²) < 4.78 is 14.6. The molecule has 0 unspecified atom stereocenters. The van der Waals surface area contributed by atoms with E-state index in [-0.39, 0.29) is 28.4 Å². The molecule has 3 aromatic rings. The lowest BCUT2D eigenvalue weighted by Gasteiger charge is -2.33. The van der Waals surface area contributed by atoms with Crippen molar-refractivity contribution >= 4 is 40.5 Å². The van der Waals surface area contributed by atoms with Gasteiger partial charge in [-0.3, -0.25) is 9.59 Å². The number of amides is 1. The van der Waals surface area contributed by atoms with Crippen molar-refractivity contribution in [3.63, 3.8) is 0 Å². The maximum absolute atomic E-state index is 13.7. The van der Waals surface area contributed by atoms with Gasteiger partial charge >= 0.3 is 0 Å². The summed E-state index contributed by atoms with van der Waals surface area (Å²) in [5, 5.41) is 5.20. The van der Waals surface area contributed by atoms with Crippen LogP contribution < -0.4 is 15.9 Å². The number of nitrogens with zero attached hydrogens (tertiary/aromatic N) is 3. The summed E-state index contributed by atoms with van der Waals surface area (Å²) in [7, 11) is 3.41. The summed E-state index contributed by atoms with van der Waals surface area (Å²) in [6.45, 7) is 2.97. The predicted molar refractivity (Wildman–Crippen MR) is 140 cm³/mol. The van der Waals surface area contributed by atoms with E-state index in [0.29, 0.717) is 29.4 Å². The summed E-state index contributed by atoms with van der Waals surface area (Å²) in [4.78, 5) is 28.4. The highest BCUT2D eigenvalue weighted by atomic mass is 35.5. The third-order valence-electron chi connectivity index (χ3n) is 6.38. The van der Waals surface area contributed by atoms with Gasteiger partial charge in [0.2, 0.25) is 0 Å². The number of benzene rings is 2. The van der Waals surface area contributed by atoms with Gasteiger partial charge in [-0.15, -0.1) is 0 Å². The lowest BCUT2D eigenvalue weighted by Crippen LogP contribution is -2.41. The van der Waals surface area contributed by atoms with Gasteiger partial charge in [0.1, 0.15) is 10.8 Å². The van der Waals surface area contributed by atoms with Gasteiger partial charge in [0.25, 0.3) is 11.5 Å². The normalized spacial score (nSPS) is 14.2. The van der Waals surface area contributed by atoms with E-state index in [0.717, 1.165) is 24.0 Å². The van der Waals surface area contributed by atoms with E-state index in [4.69, 9.17) is 23.2 Å². The smallest absolute Gasteiger partial charge is 0.289 e. The largest absolute Gasteiger partial charge is 0.353 e. The number of pyridine rings is 1. The molecule has 0 bridgehead atoms. The number of piperidine rings is 1. The number of nitrogens with one attached hydrogen (secondary N) is 1. The Balaban J connectivity index is 1.66. The Morgan fingerprint density at radius 1 is 1.09 bits per heavy atom. The quantitative estimate of drug-likeness (QED) is 0.482. The second-order valence-corrected chi connectivity index (χ2v) is 9.75. The van der Waals surface area contributed by atoms with Crippen LogP contribution in [0.25, 0.3) is 0 Å². The van der Waals surface area contributed by atoms with Crippen LogP contribution >= 0.6 is 23.2 Å². The Hall–Kier alpha value is -3.03. The van der Waals surface area contributed by atoms with E-state index in [9.17, 15) is 14.0 Å². The van der Waals surface area contributed by atoms with Crippen molar-refractivity contribution in [2.75, 3.05) is 37.5 Å². The first-order valence-electron chi connectivity index (χ1n) is 11.4. The molecule has 0 atom stereocenters. The van der Waals surface area contributed by atoms with Gasteiger partial charge in [0, 0.05) is 44.1 Å². The number of hydrogen-bond acceptors (Lipinski definition) is 4. The topological polar surface area (TPSA) is 57.6 Å². The van der Waals surface area contributed by atoms with Crippen LogP contribution in [0, 0.1) is 12.7 Å². The van der Waals surface area contributed by atoms with Crippen molar-refractivity contribution in [1.82, 2.24) is 9.58 Å². The highest BCUT2D eigenvalue weighted by Crippen LogP contribution is 2.33. The number of aromatic nitrogens is 1. The van der Waals surface area contributed by atoms with Crippen molar-refractivity contribution < 1.29 is 9.18 Å². The minimum absolute atomic E-state index is 0.0786. The first-order chi connectivity index (χ1) is 16.7. The van der Waals surface area contributed by atoms with E-state index >= 15 is 0 Å². The molecule has 4 rings (SSSR count). The lowest BCUT2D eigenvalue weighted by atomic mass is 9.89. The molecule has 35 heavy (non-hydrogen) atoms. The Morgan fingerprint density at radius 2 is 1.74 bits per heavy atom. The summed E-state index contributed by atoms with van der Waals surface area (Å²) in [5.41, 5.74) is 2.73. The Kier molecular flexibility index (Phi) is 7.38. The molecule has 1 aliphatic heterocycles. The zero-order valence-electron chi connectivity index (χ0n) is 19.8. The number of anilines is 2. The minimum Gasteiger partial charge on any atom is -0.353 e. The summed E-state index contributed by atoms with van der Waals surface area (Å²) in [5.74, 6) is -0.225. The van der Waals surface area contributed by atoms with Gasteiger partial charge in [-0.05, 0) is 61.1 Å². The highest BCUT2D eigenvalue weighted by Gasteiger charge is 2.28. The number of aryl methyl sites for hydroxylation is 1. The molecule has 0 saturated carbocycles. The Morgan fingerprint density at radius 3 is 2.37 bits per heavy atom. The fraction of sp³-hybridized carbons (Fsp3) is 0.308. The Bertz CT molecular complexity index is 1300. The fourth-order valence-corrected chi connectivity index (χ4v) is 4.75. The maximum Gasteiger partial charge on any atom is 0.289 e. The van der Waals surface area contributed by atoms with Crippen molar-refractivity contribution in [1.29, 1.82) is 0 Å². The number of carbonyl (C=O) groups excluding carboxylic acids is 1. The first kappa shape index (κ1) is 25.1. The molecule has 2 heterocycles. The van der Waals surface area contributed by atoms with E-state index in [1.54, 1.807) is 48.3 Å². The average molecular weight is 517 g/mol. The molecule has 1 fully saturated rings. The molecule has 2 aromatic carbocycles. The van der Waals surface area contributed by atoms with Gasteiger partial charge in [-0.25, -0.2) is 9.07 Å². The molecular weight excluding hydrogens is 490 g/mol. The fourth-order valence-electron chi connectivity index (χ4n) is 4.34. The van der Waals surface area contributed by atoms with Crippen molar-refractivity contribution in [3.05, 3.63) is 91.6 Å². The van der Waals surface area contributed by atoms with Gasteiger partial charge in [0.15, 0.2) is 0 Å². The van der Waals surface area contributed by atoms with E-state index in [2.05, 4.69) is 5.32 Å². The third-order valence-corrected chi connectivity index (χ3v) is 6.97. The SMILES string of the molecule is Cc1ccc(Cl)cc1Nc1c(C(=O)N2CCC(c3ccc(F)cc3)CC2)cn(N(C)C)c(=O)c1Cl. The molecule has 1 aliphatic rings. The standard InChI is InChI=1S/C26H27Cl2FN4O2/c1-16-4-7-19(27)14-22(16)30-24-21(15-33(31(2)3)26(35)23(24)28)25(34)32-12-10-18(11-13-32)17-5-8-20(29)9-6-17/h4-9,14-15,18,30H,10-13H2,1-3H3. The summed E-state index contributed by atoms with van der Waals surface area (Å²) in [6.07, 6.45) is 3.04. The van der Waals surface area contributed by atoms with Crippen LogP contribution in [-0.2, 0) is 0 Å². The number of likely N-dealkylation sites (tertiary alicyclic amines) is 1. The second kappa shape index (κ2) is 10.3. The molecule has 0 aliphatic carbocycles. The molecule has 9 heteroatoms. The van der Waals surface area contributed by atoms with Crippen LogP contribution in [-0.4, -0.2) is 42.7 Å². The number of carbonyl (C=O) groups is 1. The van der Waals surface area contributed by atoms with Gasteiger partial charge in [0.05, 0.1) is 11.3 Å². The van der Waals surface area contributed by atoms with Crippen LogP contribution in [0.3, 0.4) is 0 Å². The van der Waals surface area contributed by atoms with Crippen LogP contribution in [0.4, 0.5) is 15.8 Å². The number of hydrogen-bond donors (Lipinski definition) is 1. The average Bonchev–Trinajstić information content (AvgIpc) is 2.84. The lowest BCUT2D eigenvalue weighted by molar-refractivity contribution is 0.0713. The van der Waals surface area contributed by atoms with E-state index in [1.807, 2.05) is 13.0 Å². The van der Waals surface area contributed by atoms with E-state index < -0.39 is 5.56 Å². The molecule has 1 amide bonds. The molecule has 1 N–H and O–H groups in total. The third kappa shape index (κ3) is 5.31. The molecule has 184 valence electrons. The summed E-state index contributed by atoms with van der Waals surface area (Å²) in [6, 6.07) is 11.9. The zero-order valence-corrected chi connectivity index (χ0v) is 21.3. The van der Waals surface area contributed by atoms with Crippen LogP contribution in [0.5, 0.6) is 0 Å². The van der Waals surface area contributed by atoms with Gasteiger partial charge in [-0.2, -0.15) is 0 Å².